The van der Waals surface area contributed by atoms with Gasteiger partial charge in [-0.3, -0.25) is 4.79 Å². The largest absolute Gasteiger partial charge is 0.497 e. The van der Waals surface area contributed by atoms with Gasteiger partial charge in [0, 0.05) is 6.54 Å². The van der Waals surface area contributed by atoms with Crippen LogP contribution in [0, 0.1) is 0 Å². The van der Waals surface area contributed by atoms with Crippen LogP contribution in [0.1, 0.15) is 13.3 Å². The summed E-state index contributed by atoms with van der Waals surface area (Å²) in [7, 11) is -2.17. The maximum Gasteiger partial charge on any atom is 0.241 e. The van der Waals surface area contributed by atoms with E-state index in [1.807, 2.05) is 6.92 Å². The molecule has 7 heteroatoms. The lowest BCUT2D eigenvalue weighted by atomic mass is 10.3. The first-order chi connectivity index (χ1) is 8.99. The molecule has 6 nitrogen and oxygen atoms in total. The molecule has 1 aromatic rings. The molecular weight excluding hydrogens is 268 g/mol. The van der Waals surface area contributed by atoms with E-state index in [-0.39, 0.29) is 17.3 Å². The van der Waals surface area contributed by atoms with Gasteiger partial charge >= 0.3 is 0 Å². The molecule has 0 aliphatic rings. The van der Waals surface area contributed by atoms with Crippen LogP contribution < -0.4 is 14.8 Å². The molecule has 0 fully saturated rings. The molecule has 0 aliphatic heterocycles. The Labute approximate surface area is 113 Å². The highest BCUT2D eigenvalue weighted by Gasteiger charge is 2.15. The number of hydrogen-bond acceptors (Lipinski definition) is 4. The number of sulfonamides is 1. The fourth-order valence-electron chi connectivity index (χ4n) is 1.33. The van der Waals surface area contributed by atoms with Crippen LogP contribution in [-0.4, -0.2) is 34.5 Å². The third kappa shape index (κ3) is 4.88. The van der Waals surface area contributed by atoms with Crippen LogP contribution in [0.2, 0.25) is 0 Å². The molecule has 106 valence electrons. The third-order valence-electron chi connectivity index (χ3n) is 2.36. The van der Waals surface area contributed by atoms with Crippen molar-refractivity contribution in [3.05, 3.63) is 24.3 Å². The van der Waals surface area contributed by atoms with Gasteiger partial charge in [0.25, 0.3) is 0 Å². The van der Waals surface area contributed by atoms with Crippen molar-refractivity contribution in [1.29, 1.82) is 0 Å². The first-order valence-corrected chi connectivity index (χ1v) is 7.38. The van der Waals surface area contributed by atoms with Gasteiger partial charge in [0.05, 0.1) is 18.6 Å². The zero-order valence-electron chi connectivity index (χ0n) is 11.0. The summed E-state index contributed by atoms with van der Waals surface area (Å²) in [6.07, 6.45) is 0.803. The Hall–Kier alpha value is -1.60. The zero-order valence-corrected chi connectivity index (χ0v) is 11.8. The summed E-state index contributed by atoms with van der Waals surface area (Å²) in [5.74, 6) is 0.221. The number of carbonyl (C=O) groups excluding carboxylic acids is 1. The monoisotopic (exact) mass is 286 g/mol. The van der Waals surface area contributed by atoms with E-state index >= 15 is 0 Å². The smallest absolute Gasteiger partial charge is 0.241 e. The first kappa shape index (κ1) is 15.5. The molecule has 0 saturated carbocycles. The summed E-state index contributed by atoms with van der Waals surface area (Å²) in [6, 6.07) is 5.94. The lowest BCUT2D eigenvalue weighted by molar-refractivity contribution is -0.119. The standard InChI is InChI=1S/C12H18N2O4S/c1-3-8-13-12(15)9-14-19(16,17)11-6-4-10(18-2)5-7-11/h4-7,14H,3,8-9H2,1-2H3,(H,13,15). The number of ether oxygens (including phenoxy) is 1. The van der Waals surface area contributed by atoms with Crippen LogP contribution in [-0.2, 0) is 14.8 Å². The number of benzene rings is 1. The fourth-order valence-corrected chi connectivity index (χ4v) is 2.31. The Morgan fingerprint density at radius 2 is 1.89 bits per heavy atom. The average Bonchev–Trinajstić information content (AvgIpc) is 2.43. The molecule has 0 atom stereocenters. The fraction of sp³-hybridized carbons (Fsp3) is 0.417. The van der Waals surface area contributed by atoms with Crippen LogP contribution in [0.15, 0.2) is 29.2 Å². The summed E-state index contributed by atoms with van der Waals surface area (Å²) >= 11 is 0. The topological polar surface area (TPSA) is 84.5 Å². The van der Waals surface area contributed by atoms with E-state index in [4.69, 9.17) is 4.74 Å². The predicted octanol–water partition coefficient (Wildman–Crippen LogP) is 0.500. The van der Waals surface area contributed by atoms with Gasteiger partial charge in [-0.25, -0.2) is 13.1 Å². The highest BCUT2D eigenvalue weighted by molar-refractivity contribution is 7.89. The second-order valence-corrected chi connectivity index (χ2v) is 5.62. The average molecular weight is 286 g/mol. The summed E-state index contributed by atoms with van der Waals surface area (Å²) in [5, 5.41) is 2.59. The van der Waals surface area contributed by atoms with Gasteiger partial charge in [0.2, 0.25) is 15.9 Å². The van der Waals surface area contributed by atoms with Gasteiger partial charge in [-0.05, 0) is 30.7 Å². The van der Waals surface area contributed by atoms with Crippen LogP contribution in [0.25, 0.3) is 0 Å². The predicted molar refractivity (Wildman–Crippen MR) is 71.5 cm³/mol. The van der Waals surface area contributed by atoms with Crippen molar-refractivity contribution in [1.82, 2.24) is 10.0 Å². The number of carbonyl (C=O) groups is 1. The molecule has 0 aromatic heterocycles. The van der Waals surface area contributed by atoms with Crippen molar-refractivity contribution in [3.8, 4) is 5.75 Å². The van der Waals surface area contributed by atoms with E-state index in [0.717, 1.165) is 6.42 Å². The third-order valence-corrected chi connectivity index (χ3v) is 3.78. The summed E-state index contributed by atoms with van der Waals surface area (Å²) in [4.78, 5) is 11.4. The van der Waals surface area contributed by atoms with Gasteiger partial charge in [-0.1, -0.05) is 6.92 Å². The molecule has 0 heterocycles. The number of hydrogen-bond donors (Lipinski definition) is 2. The molecule has 1 rings (SSSR count). The number of nitrogens with one attached hydrogen (secondary N) is 2. The summed E-state index contributed by atoms with van der Waals surface area (Å²) in [6.45, 7) is 2.18. The van der Waals surface area contributed by atoms with E-state index in [0.29, 0.717) is 12.3 Å². The van der Waals surface area contributed by atoms with E-state index < -0.39 is 10.0 Å². The summed E-state index contributed by atoms with van der Waals surface area (Å²) in [5.41, 5.74) is 0. The zero-order chi connectivity index (χ0) is 14.3. The lowest BCUT2D eigenvalue weighted by Crippen LogP contribution is -2.37. The van der Waals surface area contributed by atoms with Gasteiger partial charge in [0.1, 0.15) is 5.75 Å². The minimum absolute atomic E-state index is 0.0941. The second-order valence-electron chi connectivity index (χ2n) is 3.85. The van der Waals surface area contributed by atoms with E-state index in [9.17, 15) is 13.2 Å². The Morgan fingerprint density at radius 3 is 2.42 bits per heavy atom. The Morgan fingerprint density at radius 1 is 1.26 bits per heavy atom. The Balaban J connectivity index is 2.62. The minimum Gasteiger partial charge on any atom is -0.497 e. The Kier molecular flexibility index (Phi) is 5.78. The normalized spacial score (nSPS) is 11.1. The highest BCUT2D eigenvalue weighted by atomic mass is 32.2. The van der Waals surface area contributed by atoms with Gasteiger partial charge in [-0.2, -0.15) is 0 Å². The van der Waals surface area contributed by atoms with Crippen molar-refractivity contribution in [2.75, 3.05) is 20.2 Å². The highest BCUT2D eigenvalue weighted by Crippen LogP contribution is 2.14. The first-order valence-electron chi connectivity index (χ1n) is 5.90. The molecule has 0 unspecified atom stereocenters. The number of methoxy groups -OCH3 is 1. The van der Waals surface area contributed by atoms with Crippen LogP contribution in [0.3, 0.4) is 0 Å². The van der Waals surface area contributed by atoms with Gasteiger partial charge < -0.3 is 10.1 Å². The van der Waals surface area contributed by atoms with Crippen molar-refractivity contribution in [2.45, 2.75) is 18.2 Å². The number of amides is 1. The van der Waals surface area contributed by atoms with Gasteiger partial charge in [-0.15, -0.1) is 0 Å². The van der Waals surface area contributed by atoms with Crippen molar-refractivity contribution in [3.63, 3.8) is 0 Å². The number of rotatable bonds is 7. The Bertz CT molecular complexity index is 511. The van der Waals surface area contributed by atoms with E-state index in [2.05, 4.69) is 10.0 Å². The molecule has 0 spiro atoms. The lowest BCUT2D eigenvalue weighted by Gasteiger charge is -2.07. The molecule has 19 heavy (non-hydrogen) atoms. The van der Waals surface area contributed by atoms with Crippen LogP contribution in [0.4, 0.5) is 0 Å². The van der Waals surface area contributed by atoms with Crippen LogP contribution in [0.5, 0.6) is 5.75 Å². The van der Waals surface area contributed by atoms with Gasteiger partial charge in [0.15, 0.2) is 0 Å². The second kappa shape index (κ2) is 7.10. The van der Waals surface area contributed by atoms with Crippen molar-refractivity contribution in [2.24, 2.45) is 0 Å². The minimum atomic E-state index is -3.67. The van der Waals surface area contributed by atoms with Crippen molar-refractivity contribution < 1.29 is 17.9 Å². The molecule has 0 radical (unpaired) electrons. The maximum absolute atomic E-state index is 11.9. The SMILES string of the molecule is CCCNC(=O)CNS(=O)(=O)c1ccc(OC)cc1. The molecule has 1 aromatic carbocycles. The van der Waals surface area contributed by atoms with Crippen LogP contribution >= 0.6 is 0 Å². The molecule has 2 N–H and O–H groups in total. The van der Waals surface area contributed by atoms with E-state index in [1.54, 1.807) is 12.1 Å². The summed E-state index contributed by atoms with van der Waals surface area (Å²) < 4.78 is 30.9. The van der Waals surface area contributed by atoms with Crippen molar-refractivity contribution >= 4 is 15.9 Å². The quantitative estimate of drug-likeness (QED) is 0.764. The molecular formula is C12H18N2O4S. The van der Waals surface area contributed by atoms with E-state index in [1.165, 1.54) is 19.2 Å². The molecule has 0 bridgehead atoms. The molecule has 0 saturated heterocycles. The maximum atomic E-state index is 11.9. The molecule has 1 amide bonds. The molecule has 0 aliphatic carbocycles.